The second kappa shape index (κ2) is 5.96. The fourth-order valence-electron chi connectivity index (χ4n) is 1.75. The van der Waals surface area contributed by atoms with Gasteiger partial charge in [-0.05, 0) is 23.8 Å². The van der Waals surface area contributed by atoms with Crippen LogP contribution >= 0.6 is 15.9 Å². The SMILES string of the molecule is COc1ccc(C(Br)c2ccc([N+](=O)[O-])o2)cc1OC. The molecule has 0 fully saturated rings. The molecule has 0 spiro atoms. The monoisotopic (exact) mass is 341 g/mol. The summed E-state index contributed by atoms with van der Waals surface area (Å²) < 4.78 is 15.6. The molecule has 0 N–H and O–H groups in total. The number of ether oxygens (including phenoxy) is 2. The molecule has 0 bridgehead atoms. The summed E-state index contributed by atoms with van der Waals surface area (Å²) in [4.78, 5) is 9.74. The maximum atomic E-state index is 10.6. The van der Waals surface area contributed by atoms with E-state index in [1.807, 2.05) is 6.07 Å². The number of nitrogens with zero attached hydrogens (tertiary/aromatic N) is 1. The molecule has 7 heteroatoms. The first-order valence-electron chi connectivity index (χ1n) is 5.67. The molecule has 1 atom stereocenters. The Morgan fingerprint density at radius 1 is 1.20 bits per heavy atom. The maximum Gasteiger partial charge on any atom is 0.433 e. The molecule has 0 saturated carbocycles. The molecule has 0 aliphatic carbocycles. The van der Waals surface area contributed by atoms with Crippen molar-refractivity contribution < 1.29 is 18.8 Å². The molecule has 106 valence electrons. The molecular formula is C13H12BrNO5. The Balaban J connectivity index is 2.32. The van der Waals surface area contributed by atoms with E-state index >= 15 is 0 Å². The van der Waals surface area contributed by atoms with Crippen LogP contribution in [-0.2, 0) is 0 Å². The number of alkyl halides is 1. The van der Waals surface area contributed by atoms with E-state index in [4.69, 9.17) is 13.9 Å². The van der Waals surface area contributed by atoms with Crippen molar-refractivity contribution in [2.75, 3.05) is 14.2 Å². The first-order chi connectivity index (χ1) is 9.56. The van der Waals surface area contributed by atoms with Crippen LogP contribution in [0.1, 0.15) is 16.2 Å². The van der Waals surface area contributed by atoms with Crippen LogP contribution in [0.15, 0.2) is 34.7 Å². The van der Waals surface area contributed by atoms with Crippen molar-refractivity contribution in [3.05, 3.63) is 51.8 Å². The molecule has 6 nitrogen and oxygen atoms in total. The van der Waals surface area contributed by atoms with Crippen LogP contribution in [0.5, 0.6) is 11.5 Å². The fourth-order valence-corrected chi connectivity index (χ4v) is 2.28. The summed E-state index contributed by atoms with van der Waals surface area (Å²) in [5.41, 5.74) is 0.840. The summed E-state index contributed by atoms with van der Waals surface area (Å²) in [7, 11) is 3.10. The average Bonchev–Trinajstić information content (AvgIpc) is 2.95. The third-order valence-corrected chi connectivity index (χ3v) is 3.72. The van der Waals surface area contributed by atoms with E-state index in [1.54, 1.807) is 32.4 Å². The molecule has 1 aromatic carbocycles. The van der Waals surface area contributed by atoms with Crippen molar-refractivity contribution in [2.24, 2.45) is 0 Å². The highest BCUT2D eigenvalue weighted by Gasteiger charge is 2.20. The molecule has 0 saturated heterocycles. The number of rotatable bonds is 5. The van der Waals surface area contributed by atoms with Gasteiger partial charge in [-0.1, -0.05) is 22.0 Å². The van der Waals surface area contributed by atoms with E-state index in [-0.39, 0.29) is 10.7 Å². The standard InChI is InChI=1S/C13H12BrNO5/c1-18-9-4-3-8(7-11(9)19-2)13(14)10-5-6-12(20-10)15(16)17/h3-7,13H,1-2H3. The zero-order valence-corrected chi connectivity index (χ0v) is 12.4. The number of nitro groups is 1. The maximum absolute atomic E-state index is 10.6. The summed E-state index contributed by atoms with van der Waals surface area (Å²) in [6, 6.07) is 8.26. The molecule has 2 rings (SSSR count). The van der Waals surface area contributed by atoms with Gasteiger partial charge in [-0.25, -0.2) is 0 Å². The number of hydrogen-bond donors (Lipinski definition) is 0. The summed E-state index contributed by atoms with van der Waals surface area (Å²) in [5.74, 6) is 1.35. The largest absolute Gasteiger partial charge is 0.493 e. The summed E-state index contributed by atoms with van der Waals surface area (Å²) in [6.07, 6.45) is 0. The van der Waals surface area contributed by atoms with Crippen molar-refractivity contribution in [2.45, 2.75) is 4.83 Å². The third-order valence-electron chi connectivity index (χ3n) is 2.74. The van der Waals surface area contributed by atoms with Gasteiger partial charge in [0.25, 0.3) is 0 Å². The molecule has 0 radical (unpaired) electrons. The van der Waals surface area contributed by atoms with Crippen molar-refractivity contribution in [1.29, 1.82) is 0 Å². The molecule has 0 aliphatic heterocycles. The summed E-state index contributed by atoms with van der Waals surface area (Å²) >= 11 is 3.45. The van der Waals surface area contributed by atoms with Gasteiger partial charge in [0, 0.05) is 0 Å². The van der Waals surface area contributed by atoms with Gasteiger partial charge in [-0.3, -0.25) is 10.1 Å². The van der Waals surface area contributed by atoms with Crippen LogP contribution in [-0.4, -0.2) is 19.1 Å². The number of hydrogen-bond acceptors (Lipinski definition) is 5. The molecule has 2 aromatic rings. The van der Waals surface area contributed by atoms with Crippen LogP contribution in [0.2, 0.25) is 0 Å². The Morgan fingerprint density at radius 2 is 1.90 bits per heavy atom. The minimum absolute atomic E-state index is 0.287. The molecule has 1 heterocycles. The molecule has 0 aliphatic rings. The normalized spacial score (nSPS) is 11.9. The van der Waals surface area contributed by atoms with E-state index < -0.39 is 4.92 Å². The zero-order valence-electron chi connectivity index (χ0n) is 10.8. The van der Waals surface area contributed by atoms with E-state index in [2.05, 4.69) is 15.9 Å². The minimum Gasteiger partial charge on any atom is -0.493 e. The number of benzene rings is 1. The Labute approximate surface area is 123 Å². The molecule has 1 aromatic heterocycles. The smallest absolute Gasteiger partial charge is 0.433 e. The number of furan rings is 1. The Kier molecular flexibility index (Phi) is 4.29. The second-order valence-corrected chi connectivity index (χ2v) is 4.83. The Hall–Kier alpha value is -2.02. The number of methoxy groups -OCH3 is 2. The van der Waals surface area contributed by atoms with Crippen molar-refractivity contribution >= 4 is 21.8 Å². The van der Waals surface area contributed by atoms with Gasteiger partial charge < -0.3 is 13.9 Å². The van der Waals surface area contributed by atoms with Gasteiger partial charge in [0.2, 0.25) is 0 Å². The highest BCUT2D eigenvalue weighted by molar-refractivity contribution is 9.09. The predicted octanol–water partition coefficient (Wildman–Crippen LogP) is 3.69. The van der Waals surface area contributed by atoms with Crippen molar-refractivity contribution in [3.8, 4) is 11.5 Å². The van der Waals surface area contributed by atoms with E-state index in [0.29, 0.717) is 17.3 Å². The van der Waals surface area contributed by atoms with Crippen molar-refractivity contribution in [3.63, 3.8) is 0 Å². The lowest BCUT2D eigenvalue weighted by Crippen LogP contribution is -1.95. The number of halogens is 1. The third kappa shape index (κ3) is 2.77. The lowest BCUT2D eigenvalue weighted by molar-refractivity contribution is -0.402. The first kappa shape index (κ1) is 14.4. The van der Waals surface area contributed by atoms with Gasteiger partial charge in [0.15, 0.2) is 11.5 Å². The van der Waals surface area contributed by atoms with E-state index in [1.165, 1.54) is 6.07 Å². The van der Waals surface area contributed by atoms with Crippen LogP contribution in [0.4, 0.5) is 5.88 Å². The van der Waals surface area contributed by atoms with Crippen LogP contribution in [0.25, 0.3) is 0 Å². The Bertz CT molecular complexity index is 625. The average molecular weight is 342 g/mol. The fraction of sp³-hybridized carbons (Fsp3) is 0.231. The van der Waals surface area contributed by atoms with Crippen LogP contribution in [0.3, 0.4) is 0 Å². The van der Waals surface area contributed by atoms with E-state index in [0.717, 1.165) is 5.56 Å². The van der Waals surface area contributed by atoms with Gasteiger partial charge in [0.05, 0.1) is 25.1 Å². The van der Waals surface area contributed by atoms with Crippen LogP contribution < -0.4 is 9.47 Å². The van der Waals surface area contributed by atoms with E-state index in [9.17, 15) is 10.1 Å². The highest BCUT2D eigenvalue weighted by atomic mass is 79.9. The lowest BCUT2D eigenvalue weighted by Gasteiger charge is -2.12. The van der Waals surface area contributed by atoms with Gasteiger partial charge >= 0.3 is 5.88 Å². The predicted molar refractivity (Wildman–Crippen MR) is 75.7 cm³/mol. The molecule has 0 amide bonds. The second-order valence-electron chi connectivity index (χ2n) is 3.91. The van der Waals surface area contributed by atoms with Gasteiger partial charge in [0.1, 0.15) is 10.7 Å². The summed E-state index contributed by atoms with van der Waals surface area (Å²) in [5, 5.41) is 10.6. The molecule has 20 heavy (non-hydrogen) atoms. The minimum atomic E-state index is -0.572. The summed E-state index contributed by atoms with van der Waals surface area (Å²) in [6.45, 7) is 0. The molecular weight excluding hydrogens is 330 g/mol. The van der Waals surface area contributed by atoms with Gasteiger partial charge in [-0.15, -0.1) is 0 Å². The first-order valence-corrected chi connectivity index (χ1v) is 6.58. The van der Waals surface area contributed by atoms with Gasteiger partial charge in [-0.2, -0.15) is 0 Å². The van der Waals surface area contributed by atoms with Crippen molar-refractivity contribution in [1.82, 2.24) is 0 Å². The highest BCUT2D eigenvalue weighted by Crippen LogP contribution is 2.37. The quantitative estimate of drug-likeness (QED) is 0.471. The topological polar surface area (TPSA) is 74.7 Å². The zero-order chi connectivity index (χ0) is 14.7. The van der Waals surface area contributed by atoms with Crippen LogP contribution in [0, 0.1) is 10.1 Å². The molecule has 1 unspecified atom stereocenters. The lowest BCUT2D eigenvalue weighted by atomic mass is 10.1. The Morgan fingerprint density at radius 3 is 2.45 bits per heavy atom.